The van der Waals surface area contributed by atoms with Gasteiger partial charge in [-0.15, -0.1) is 0 Å². The fraction of sp³-hybridized carbons (Fsp3) is 0.517. The van der Waals surface area contributed by atoms with Crippen molar-refractivity contribution in [3.05, 3.63) is 65.6 Å². The maximum Gasteiger partial charge on any atom is 0.210 e. The fourth-order valence-electron chi connectivity index (χ4n) is 4.40. The fourth-order valence-corrected chi connectivity index (χ4v) is 4.40. The first-order valence-electron chi connectivity index (χ1n) is 13.5. The van der Waals surface area contributed by atoms with Gasteiger partial charge in [-0.2, -0.15) is 0 Å². The molecule has 1 N–H and O–H groups in total. The molecule has 2 aliphatic heterocycles. The molecule has 5 rings (SSSR count). The van der Waals surface area contributed by atoms with Crippen molar-refractivity contribution in [1.82, 2.24) is 20.0 Å². The minimum Gasteiger partial charge on any atom is -0.490 e. The number of rotatable bonds is 7. The summed E-state index contributed by atoms with van der Waals surface area (Å²) in [5, 5.41) is 7.53. The molecule has 0 aliphatic carbocycles. The van der Waals surface area contributed by atoms with Gasteiger partial charge in [0.25, 0.3) is 0 Å². The first-order valence-corrected chi connectivity index (χ1v) is 13.5. The van der Waals surface area contributed by atoms with E-state index in [1.54, 1.807) is 6.20 Å². The van der Waals surface area contributed by atoms with Crippen molar-refractivity contribution in [2.45, 2.75) is 77.9 Å². The largest absolute Gasteiger partial charge is 0.490 e. The smallest absolute Gasteiger partial charge is 0.210 e. The SMILES string of the molecule is CC.C[C@H](OC1CCCCO1)c1nccn1Cc1cc(C#Cc2ccc(OC3CCNCC3)cc2)on1. The summed E-state index contributed by atoms with van der Waals surface area (Å²) in [7, 11) is 0. The van der Waals surface area contributed by atoms with Gasteiger partial charge in [-0.3, -0.25) is 0 Å². The van der Waals surface area contributed by atoms with E-state index in [2.05, 4.69) is 27.3 Å². The van der Waals surface area contributed by atoms with Crippen molar-refractivity contribution < 1.29 is 18.7 Å². The molecule has 37 heavy (non-hydrogen) atoms. The molecule has 1 unspecified atom stereocenters. The second-order valence-electron chi connectivity index (χ2n) is 9.01. The predicted molar refractivity (Wildman–Crippen MR) is 141 cm³/mol. The molecular weight excluding hydrogens is 468 g/mol. The second kappa shape index (κ2) is 14.0. The third kappa shape index (κ3) is 7.93. The number of imidazole rings is 1. The molecule has 2 aliphatic rings. The molecule has 1 aromatic carbocycles. The van der Waals surface area contributed by atoms with Gasteiger partial charge in [0.05, 0.1) is 6.54 Å². The minimum atomic E-state index is -0.180. The Kier molecular flexibility index (Phi) is 10.2. The molecule has 2 atom stereocenters. The molecule has 0 spiro atoms. The average molecular weight is 507 g/mol. The molecule has 4 heterocycles. The van der Waals surface area contributed by atoms with Crippen molar-refractivity contribution in [3.63, 3.8) is 0 Å². The van der Waals surface area contributed by atoms with Crippen LogP contribution in [0.4, 0.5) is 0 Å². The monoisotopic (exact) mass is 506 g/mol. The van der Waals surface area contributed by atoms with Crippen LogP contribution in [-0.2, 0) is 16.0 Å². The van der Waals surface area contributed by atoms with Crippen LogP contribution in [-0.4, -0.2) is 46.8 Å². The Morgan fingerprint density at radius 3 is 2.68 bits per heavy atom. The lowest BCUT2D eigenvalue weighted by Gasteiger charge is -2.26. The zero-order valence-electron chi connectivity index (χ0n) is 22.1. The summed E-state index contributed by atoms with van der Waals surface area (Å²) >= 11 is 0. The van der Waals surface area contributed by atoms with Gasteiger partial charge < -0.3 is 28.6 Å². The Labute approximate surface area is 219 Å². The summed E-state index contributed by atoms with van der Waals surface area (Å²) in [6.45, 7) is 9.31. The zero-order chi connectivity index (χ0) is 25.9. The van der Waals surface area contributed by atoms with E-state index in [0.717, 1.165) is 74.6 Å². The van der Waals surface area contributed by atoms with E-state index in [1.807, 2.05) is 61.9 Å². The highest BCUT2D eigenvalue weighted by Crippen LogP contribution is 2.23. The van der Waals surface area contributed by atoms with Crippen LogP contribution in [0.1, 0.15) is 81.8 Å². The highest BCUT2D eigenvalue weighted by atomic mass is 16.7. The van der Waals surface area contributed by atoms with Crippen molar-refractivity contribution in [2.75, 3.05) is 19.7 Å². The summed E-state index contributed by atoms with van der Waals surface area (Å²) < 4.78 is 25.3. The zero-order valence-corrected chi connectivity index (χ0v) is 22.1. The topological polar surface area (TPSA) is 83.6 Å². The first-order chi connectivity index (χ1) is 18.2. The van der Waals surface area contributed by atoms with E-state index in [9.17, 15) is 0 Å². The number of piperidine rings is 1. The van der Waals surface area contributed by atoms with Crippen molar-refractivity contribution in [2.24, 2.45) is 0 Å². The van der Waals surface area contributed by atoms with Gasteiger partial charge in [-0.25, -0.2) is 4.98 Å². The molecule has 0 bridgehead atoms. The Morgan fingerprint density at radius 1 is 1.11 bits per heavy atom. The molecule has 0 radical (unpaired) electrons. The van der Waals surface area contributed by atoms with E-state index in [0.29, 0.717) is 12.3 Å². The summed E-state index contributed by atoms with van der Waals surface area (Å²) in [6, 6.07) is 9.74. The highest BCUT2D eigenvalue weighted by Gasteiger charge is 2.21. The predicted octanol–water partition coefficient (Wildman–Crippen LogP) is 5.08. The van der Waals surface area contributed by atoms with Gasteiger partial charge in [0, 0.05) is 30.6 Å². The van der Waals surface area contributed by atoms with E-state index < -0.39 is 0 Å². The minimum absolute atomic E-state index is 0.164. The van der Waals surface area contributed by atoms with Gasteiger partial charge in [0.15, 0.2) is 6.29 Å². The molecule has 0 amide bonds. The number of benzene rings is 1. The Hall–Kier alpha value is -3.12. The van der Waals surface area contributed by atoms with Gasteiger partial charge in [0.1, 0.15) is 29.5 Å². The maximum absolute atomic E-state index is 6.07. The average Bonchev–Trinajstić information content (AvgIpc) is 3.60. The number of nitrogens with one attached hydrogen (secondary N) is 1. The third-order valence-electron chi connectivity index (χ3n) is 6.27. The van der Waals surface area contributed by atoms with E-state index in [4.69, 9.17) is 18.7 Å². The van der Waals surface area contributed by atoms with Crippen LogP contribution < -0.4 is 10.1 Å². The molecule has 8 nitrogen and oxygen atoms in total. The summed E-state index contributed by atoms with van der Waals surface area (Å²) in [4.78, 5) is 4.49. The summed E-state index contributed by atoms with van der Waals surface area (Å²) in [5.41, 5.74) is 1.67. The lowest BCUT2D eigenvalue weighted by Crippen LogP contribution is -2.34. The van der Waals surface area contributed by atoms with Gasteiger partial charge in [-0.05, 0) is 82.3 Å². The standard InChI is InChI=1S/C27H32N4O4.C2H6/c1-20(33-26-4-2-3-17-32-26)27-29-15-16-31(27)19-22-18-25(35-30-22)10-7-21-5-8-23(9-6-21)34-24-11-13-28-14-12-24;1-2/h5-6,8-9,15-16,18,20,24,26,28H,2-4,11-14,17,19H2,1H3;1-2H3/t20-,26?;/m0./s1. The third-order valence-corrected chi connectivity index (χ3v) is 6.27. The van der Waals surface area contributed by atoms with E-state index in [-0.39, 0.29) is 18.5 Å². The van der Waals surface area contributed by atoms with Gasteiger partial charge in [-0.1, -0.05) is 24.9 Å². The van der Waals surface area contributed by atoms with E-state index in [1.165, 1.54) is 0 Å². The van der Waals surface area contributed by atoms with Gasteiger partial charge in [0.2, 0.25) is 5.76 Å². The molecule has 2 fully saturated rings. The first kappa shape index (κ1) is 26.9. The lowest BCUT2D eigenvalue weighted by molar-refractivity contribution is -0.188. The highest BCUT2D eigenvalue weighted by molar-refractivity contribution is 5.41. The number of hydrogen-bond acceptors (Lipinski definition) is 7. The van der Waals surface area contributed by atoms with Gasteiger partial charge >= 0.3 is 0 Å². The molecule has 8 heteroatoms. The molecule has 2 saturated heterocycles. The van der Waals surface area contributed by atoms with Crippen LogP contribution in [0, 0.1) is 11.8 Å². The molecule has 0 saturated carbocycles. The molecule has 3 aromatic rings. The molecule has 198 valence electrons. The normalized spacial score (nSPS) is 18.7. The molecule has 2 aromatic heterocycles. The summed E-state index contributed by atoms with van der Waals surface area (Å²) in [5.74, 6) is 8.44. The second-order valence-corrected chi connectivity index (χ2v) is 9.01. The molecular formula is C29H38N4O4. The van der Waals surface area contributed by atoms with Crippen LogP contribution in [0.3, 0.4) is 0 Å². The number of aromatic nitrogens is 3. The van der Waals surface area contributed by atoms with Crippen molar-refractivity contribution in [1.29, 1.82) is 0 Å². The number of ether oxygens (including phenoxy) is 3. The number of nitrogens with zero attached hydrogens (tertiary/aromatic N) is 3. The lowest BCUT2D eigenvalue weighted by atomic mass is 10.1. The van der Waals surface area contributed by atoms with Crippen molar-refractivity contribution >= 4 is 0 Å². The van der Waals surface area contributed by atoms with Crippen molar-refractivity contribution in [3.8, 4) is 17.6 Å². The van der Waals surface area contributed by atoms with Crippen LogP contribution in [0.25, 0.3) is 0 Å². The summed E-state index contributed by atoms with van der Waals surface area (Å²) in [6.07, 6.45) is 8.86. The maximum atomic E-state index is 6.07. The van der Waals surface area contributed by atoms with E-state index >= 15 is 0 Å². The quantitative estimate of drug-likeness (QED) is 0.448. The number of hydrogen-bond donors (Lipinski definition) is 1. The Bertz CT molecular complexity index is 1130. The van der Waals surface area contributed by atoms with Crippen LogP contribution in [0.2, 0.25) is 0 Å². The van der Waals surface area contributed by atoms with Crippen LogP contribution >= 0.6 is 0 Å². The van der Waals surface area contributed by atoms with Crippen LogP contribution in [0.15, 0.2) is 47.2 Å². The Morgan fingerprint density at radius 2 is 1.92 bits per heavy atom. The van der Waals surface area contributed by atoms with Crippen LogP contribution in [0.5, 0.6) is 5.75 Å². The Balaban J connectivity index is 0.00000156.